The lowest BCUT2D eigenvalue weighted by Gasteiger charge is -2.24. The van der Waals surface area contributed by atoms with Gasteiger partial charge >= 0.3 is 0 Å². The largest absolute Gasteiger partial charge is 0.352 e. The Labute approximate surface area is 111 Å². The van der Waals surface area contributed by atoms with Gasteiger partial charge in [0.15, 0.2) is 5.82 Å². The fourth-order valence-corrected chi connectivity index (χ4v) is 1.96. The van der Waals surface area contributed by atoms with Crippen molar-refractivity contribution in [2.24, 2.45) is 5.92 Å². The van der Waals surface area contributed by atoms with Gasteiger partial charge in [-0.25, -0.2) is 4.98 Å². The standard InChI is InChI=1S/C12H20BrN3O/c1-9(2)8-16-6-5-14-11(12(16)17)15(4)10(3)7-13/h5-6,9-10H,7-8H2,1-4H3. The summed E-state index contributed by atoms with van der Waals surface area (Å²) in [5, 5.41) is 0.809. The summed E-state index contributed by atoms with van der Waals surface area (Å²) in [7, 11) is 1.90. The van der Waals surface area contributed by atoms with Gasteiger partial charge in [0.1, 0.15) is 0 Å². The van der Waals surface area contributed by atoms with Gasteiger partial charge in [-0.2, -0.15) is 0 Å². The lowest BCUT2D eigenvalue weighted by atomic mass is 10.2. The first-order valence-corrected chi connectivity index (χ1v) is 6.93. The van der Waals surface area contributed by atoms with Crippen molar-refractivity contribution in [2.75, 3.05) is 17.3 Å². The minimum Gasteiger partial charge on any atom is -0.352 e. The molecule has 0 saturated heterocycles. The predicted molar refractivity (Wildman–Crippen MR) is 75.0 cm³/mol. The molecule has 0 N–H and O–H groups in total. The Morgan fingerprint density at radius 2 is 2.12 bits per heavy atom. The zero-order valence-electron chi connectivity index (χ0n) is 10.9. The van der Waals surface area contributed by atoms with E-state index in [9.17, 15) is 4.79 Å². The fourth-order valence-electron chi connectivity index (χ4n) is 1.53. The average molecular weight is 302 g/mol. The van der Waals surface area contributed by atoms with E-state index < -0.39 is 0 Å². The Morgan fingerprint density at radius 1 is 1.47 bits per heavy atom. The van der Waals surface area contributed by atoms with Gasteiger partial charge in [0, 0.05) is 37.4 Å². The first-order chi connectivity index (χ1) is 7.97. The Hall–Kier alpha value is -0.840. The van der Waals surface area contributed by atoms with Crippen molar-refractivity contribution >= 4 is 21.7 Å². The molecule has 0 aliphatic carbocycles. The highest BCUT2D eigenvalue weighted by Crippen LogP contribution is 2.08. The van der Waals surface area contributed by atoms with Crippen molar-refractivity contribution in [3.63, 3.8) is 0 Å². The minimum atomic E-state index is -0.0171. The summed E-state index contributed by atoms with van der Waals surface area (Å²) in [6.07, 6.45) is 3.44. The van der Waals surface area contributed by atoms with Crippen LogP contribution in [-0.2, 0) is 6.54 Å². The van der Waals surface area contributed by atoms with Gasteiger partial charge in [-0.15, -0.1) is 0 Å². The molecule has 0 spiro atoms. The second-order valence-corrected chi connectivity index (χ2v) is 5.36. The minimum absolute atomic E-state index is 0.0171. The number of hydrogen-bond acceptors (Lipinski definition) is 3. The monoisotopic (exact) mass is 301 g/mol. The zero-order chi connectivity index (χ0) is 13.0. The van der Waals surface area contributed by atoms with Crippen LogP contribution in [0.5, 0.6) is 0 Å². The first-order valence-electron chi connectivity index (χ1n) is 5.81. The summed E-state index contributed by atoms with van der Waals surface area (Å²) in [5.41, 5.74) is -0.0171. The Balaban J connectivity index is 3.06. The van der Waals surface area contributed by atoms with Gasteiger partial charge in [-0.05, 0) is 12.8 Å². The molecule has 1 heterocycles. The van der Waals surface area contributed by atoms with Gasteiger partial charge in [0.2, 0.25) is 0 Å². The van der Waals surface area contributed by atoms with E-state index in [-0.39, 0.29) is 11.6 Å². The normalized spacial score (nSPS) is 12.8. The van der Waals surface area contributed by atoms with Crippen molar-refractivity contribution in [2.45, 2.75) is 33.4 Å². The smallest absolute Gasteiger partial charge is 0.293 e. The highest BCUT2D eigenvalue weighted by Gasteiger charge is 2.14. The van der Waals surface area contributed by atoms with Crippen LogP contribution in [0.3, 0.4) is 0 Å². The predicted octanol–water partition coefficient (Wildman–Crippen LogP) is 2.12. The summed E-state index contributed by atoms with van der Waals surface area (Å²) >= 11 is 3.42. The molecular weight excluding hydrogens is 282 g/mol. The van der Waals surface area contributed by atoms with E-state index in [4.69, 9.17) is 0 Å². The third-order valence-corrected chi connectivity index (χ3v) is 3.61. The molecule has 1 rings (SSSR count). The molecule has 1 aromatic heterocycles. The first kappa shape index (κ1) is 14.2. The van der Waals surface area contributed by atoms with E-state index in [0.717, 1.165) is 11.9 Å². The molecule has 4 nitrogen and oxygen atoms in total. The van der Waals surface area contributed by atoms with E-state index in [1.54, 1.807) is 17.0 Å². The van der Waals surface area contributed by atoms with Gasteiger partial charge in [-0.3, -0.25) is 4.79 Å². The summed E-state index contributed by atoms with van der Waals surface area (Å²) < 4.78 is 1.73. The molecule has 0 fully saturated rings. The molecule has 5 heteroatoms. The summed E-state index contributed by atoms with van der Waals surface area (Å²) in [4.78, 5) is 18.3. The number of aromatic nitrogens is 2. The van der Waals surface area contributed by atoms with Crippen LogP contribution in [0.25, 0.3) is 0 Å². The van der Waals surface area contributed by atoms with Crippen LogP contribution >= 0.6 is 15.9 Å². The maximum absolute atomic E-state index is 12.2. The van der Waals surface area contributed by atoms with Crippen LogP contribution in [-0.4, -0.2) is 28.0 Å². The Kier molecular flexibility index (Phi) is 5.18. The third kappa shape index (κ3) is 3.56. The summed E-state index contributed by atoms with van der Waals surface area (Å²) in [6, 6.07) is 0.241. The van der Waals surface area contributed by atoms with Gasteiger partial charge in [0.25, 0.3) is 5.56 Å². The Morgan fingerprint density at radius 3 is 2.65 bits per heavy atom. The van der Waals surface area contributed by atoms with Gasteiger partial charge in [0.05, 0.1) is 0 Å². The van der Waals surface area contributed by atoms with Crippen molar-refractivity contribution in [1.29, 1.82) is 0 Å². The highest BCUT2D eigenvalue weighted by atomic mass is 79.9. The number of rotatable bonds is 5. The SMILES string of the molecule is CC(C)Cn1ccnc(N(C)C(C)CBr)c1=O. The average Bonchev–Trinajstić information content (AvgIpc) is 2.29. The van der Waals surface area contributed by atoms with E-state index in [0.29, 0.717) is 11.7 Å². The maximum atomic E-state index is 12.2. The lowest BCUT2D eigenvalue weighted by Crippen LogP contribution is -2.37. The van der Waals surface area contributed by atoms with Crippen molar-refractivity contribution in [1.82, 2.24) is 9.55 Å². The summed E-state index contributed by atoms with van der Waals surface area (Å²) in [6.45, 7) is 6.97. The van der Waals surface area contributed by atoms with E-state index >= 15 is 0 Å². The maximum Gasteiger partial charge on any atom is 0.293 e. The second-order valence-electron chi connectivity index (χ2n) is 4.72. The van der Waals surface area contributed by atoms with Crippen LogP contribution in [0, 0.1) is 5.92 Å². The van der Waals surface area contributed by atoms with Gasteiger partial charge in [-0.1, -0.05) is 29.8 Å². The molecule has 0 amide bonds. The molecule has 0 aromatic carbocycles. The van der Waals surface area contributed by atoms with Crippen LogP contribution in [0.15, 0.2) is 17.2 Å². The quantitative estimate of drug-likeness (QED) is 0.782. The van der Waals surface area contributed by atoms with E-state index in [1.165, 1.54) is 0 Å². The van der Waals surface area contributed by atoms with Crippen molar-refractivity contribution < 1.29 is 0 Å². The van der Waals surface area contributed by atoms with E-state index in [2.05, 4.69) is 41.7 Å². The molecule has 0 aliphatic heterocycles. The van der Waals surface area contributed by atoms with Gasteiger partial charge < -0.3 is 9.47 Å². The number of alkyl halides is 1. The fraction of sp³-hybridized carbons (Fsp3) is 0.667. The van der Waals surface area contributed by atoms with Crippen molar-refractivity contribution in [3.8, 4) is 0 Å². The van der Waals surface area contributed by atoms with Crippen LogP contribution in [0.1, 0.15) is 20.8 Å². The second kappa shape index (κ2) is 6.19. The van der Waals surface area contributed by atoms with E-state index in [1.807, 2.05) is 11.9 Å². The Bertz CT molecular complexity index is 416. The summed E-state index contributed by atoms with van der Waals surface area (Å²) in [5.74, 6) is 0.960. The molecule has 0 saturated carbocycles. The van der Waals surface area contributed by atoms with Crippen molar-refractivity contribution in [3.05, 3.63) is 22.7 Å². The molecule has 0 aliphatic rings. The molecule has 1 atom stereocenters. The number of hydrogen-bond donors (Lipinski definition) is 0. The molecule has 17 heavy (non-hydrogen) atoms. The van der Waals surface area contributed by atoms with Crippen LogP contribution in [0.4, 0.5) is 5.82 Å². The highest BCUT2D eigenvalue weighted by molar-refractivity contribution is 9.09. The van der Waals surface area contributed by atoms with Crippen LogP contribution in [0.2, 0.25) is 0 Å². The lowest BCUT2D eigenvalue weighted by molar-refractivity contribution is 0.507. The molecule has 96 valence electrons. The van der Waals surface area contributed by atoms with Crippen LogP contribution < -0.4 is 10.5 Å². The molecule has 1 aromatic rings. The third-order valence-electron chi connectivity index (χ3n) is 2.68. The number of nitrogens with zero attached hydrogens (tertiary/aromatic N) is 3. The molecule has 0 radical (unpaired) electrons. The zero-order valence-corrected chi connectivity index (χ0v) is 12.4. The molecule has 0 bridgehead atoms. The topological polar surface area (TPSA) is 38.1 Å². The number of anilines is 1. The molecular formula is C12H20BrN3O. The number of halogens is 1. The molecule has 1 unspecified atom stereocenters.